The van der Waals surface area contributed by atoms with Crippen LogP contribution in [0.5, 0.6) is 0 Å². The lowest BCUT2D eigenvalue weighted by Gasteiger charge is -2.11. The van der Waals surface area contributed by atoms with Crippen molar-refractivity contribution < 1.29 is 9.18 Å². The summed E-state index contributed by atoms with van der Waals surface area (Å²) in [7, 11) is 0. The number of aromatic nitrogens is 3. The fourth-order valence-electron chi connectivity index (χ4n) is 3.90. The maximum absolute atomic E-state index is 13.5. The highest BCUT2D eigenvalue weighted by Crippen LogP contribution is 2.41. The van der Waals surface area contributed by atoms with E-state index in [-0.39, 0.29) is 11.7 Å². The van der Waals surface area contributed by atoms with Gasteiger partial charge in [-0.1, -0.05) is 17.7 Å². The summed E-state index contributed by atoms with van der Waals surface area (Å²) in [6, 6.07) is 14.3. The summed E-state index contributed by atoms with van der Waals surface area (Å²) in [5, 5.41) is 8.40. The molecule has 156 valence electrons. The predicted octanol–water partition coefficient (Wildman–Crippen LogP) is 5.61. The fourth-order valence-corrected chi connectivity index (χ4v) is 3.90. The molecule has 0 unspecified atom stereocenters. The molecule has 0 spiro atoms. The minimum atomic E-state index is -0.326. The van der Waals surface area contributed by atoms with Crippen molar-refractivity contribution in [2.45, 2.75) is 39.5 Å². The number of aryl methyl sites for hydroxylation is 3. The number of hydrogen-bond acceptors (Lipinski definition) is 3. The van der Waals surface area contributed by atoms with Gasteiger partial charge in [0.2, 0.25) is 0 Å². The van der Waals surface area contributed by atoms with Crippen LogP contribution in [-0.2, 0) is 0 Å². The molecule has 2 heterocycles. The molecule has 0 atom stereocenters. The second kappa shape index (κ2) is 7.30. The first kappa shape index (κ1) is 19.4. The monoisotopic (exact) mass is 414 g/mol. The lowest BCUT2D eigenvalue weighted by Crippen LogP contribution is -2.14. The number of nitrogens with one attached hydrogen (secondary N) is 1. The Morgan fingerprint density at radius 1 is 1.06 bits per heavy atom. The number of carbonyl (C=O) groups excluding carboxylic acids is 1. The van der Waals surface area contributed by atoms with E-state index >= 15 is 0 Å². The Kier molecular flexibility index (Phi) is 4.58. The second-order valence-electron chi connectivity index (χ2n) is 8.31. The summed E-state index contributed by atoms with van der Waals surface area (Å²) in [5.74, 6) is -0.186. The molecule has 0 aliphatic heterocycles. The maximum atomic E-state index is 13.5. The van der Waals surface area contributed by atoms with Crippen molar-refractivity contribution in [2.24, 2.45) is 0 Å². The Morgan fingerprint density at radius 2 is 1.81 bits per heavy atom. The standard InChI is InChI=1S/C25H23FN4O/c1-14-4-9-19(10-5-14)30-24-23(16(3)29-30)20(13-22(27-24)17-6-7-17)25(31)28-21-11-8-18(26)12-15(21)2/h4-5,8-13,17H,6-7H2,1-3H3,(H,28,31). The van der Waals surface area contributed by atoms with E-state index < -0.39 is 0 Å². The third kappa shape index (κ3) is 3.58. The Labute approximate surface area is 179 Å². The van der Waals surface area contributed by atoms with E-state index in [2.05, 4.69) is 5.32 Å². The van der Waals surface area contributed by atoms with E-state index in [1.807, 2.05) is 48.9 Å². The molecule has 5 nitrogen and oxygen atoms in total. The van der Waals surface area contributed by atoms with Crippen LogP contribution in [-0.4, -0.2) is 20.7 Å². The van der Waals surface area contributed by atoms with Gasteiger partial charge in [-0.2, -0.15) is 5.10 Å². The van der Waals surface area contributed by atoms with Crippen LogP contribution in [0.4, 0.5) is 10.1 Å². The van der Waals surface area contributed by atoms with Gasteiger partial charge in [0.05, 0.1) is 22.3 Å². The first-order valence-electron chi connectivity index (χ1n) is 10.5. The lowest BCUT2D eigenvalue weighted by atomic mass is 10.1. The number of carbonyl (C=O) groups is 1. The van der Waals surface area contributed by atoms with Crippen LogP contribution in [0, 0.1) is 26.6 Å². The first-order chi connectivity index (χ1) is 14.9. The average molecular weight is 414 g/mol. The highest BCUT2D eigenvalue weighted by molar-refractivity contribution is 6.13. The molecule has 2 aromatic carbocycles. The molecule has 1 aliphatic carbocycles. The molecular formula is C25H23FN4O. The molecular weight excluding hydrogens is 391 g/mol. The fraction of sp³-hybridized carbons (Fsp3) is 0.240. The van der Waals surface area contributed by atoms with Crippen LogP contribution in [0.25, 0.3) is 16.7 Å². The van der Waals surface area contributed by atoms with E-state index in [4.69, 9.17) is 10.1 Å². The Bertz CT molecular complexity index is 1320. The van der Waals surface area contributed by atoms with Crippen molar-refractivity contribution in [1.82, 2.24) is 14.8 Å². The number of rotatable bonds is 4. The van der Waals surface area contributed by atoms with Crippen molar-refractivity contribution in [1.29, 1.82) is 0 Å². The van der Waals surface area contributed by atoms with E-state index in [0.717, 1.165) is 35.3 Å². The third-order valence-electron chi connectivity index (χ3n) is 5.79. The third-order valence-corrected chi connectivity index (χ3v) is 5.79. The van der Waals surface area contributed by atoms with Gasteiger partial charge < -0.3 is 5.32 Å². The van der Waals surface area contributed by atoms with E-state index in [1.165, 1.54) is 17.7 Å². The molecule has 0 radical (unpaired) electrons. The van der Waals surface area contributed by atoms with Crippen LogP contribution >= 0.6 is 0 Å². The number of halogens is 1. The quantitative estimate of drug-likeness (QED) is 0.472. The van der Waals surface area contributed by atoms with Crippen LogP contribution in [0.15, 0.2) is 48.5 Å². The van der Waals surface area contributed by atoms with Crippen molar-refractivity contribution >= 4 is 22.6 Å². The number of anilines is 1. The molecule has 5 rings (SSSR count). The maximum Gasteiger partial charge on any atom is 0.256 e. The zero-order valence-electron chi connectivity index (χ0n) is 17.7. The van der Waals surface area contributed by atoms with Crippen LogP contribution in [0.2, 0.25) is 0 Å². The number of nitrogens with zero attached hydrogens (tertiary/aromatic N) is 3. The summed E-state index contributed by atoms with van der Waals surface area (Å²) in [6.07, 6.45) is 2.16. The van der Waals surface area contributed by atoms with Gasteiger partial charge in [-0.25, -0.2) is 14.1 Å². The van der Waals surface area contributed by atoms with E-state index in [0.29, 0.717) is 28.4 Å². The van der Waals surface area contributed by atoms with Crippen molar-refractivity contribution in [3.05, 3.63) is 82.4 Å². The van der Waals surface area contributed by atoms with Gasteiger partial charge >= 0.3 is 0 Å². The van der Waals surface area contributed by atoms with Gasteiger partial charge in [-0.15, -0.1) is 0 Å². The summed E-state index contributed by atoms with van der Waals surface area (Å²) < 4.78 is 15.3. The zero-order valence-corrected chi connectivity index (χ0v) is 17.7. The predicted molar refractivity (Wildman–Crippen MR) is 119 cm³/mol. The molecule has 1 fully saturated rings. The SMILES string of the molecule is Cc1ccc(-n2nc(C)c3c(C(=O)Nc4ccc(F)cc4C)cc(C4CC4)nc32)cc1. The first-order valence-corrected chi connectivity index (χ1v) is 10.5. The molecule has 2 aromatic heterocycles. The summed E-state index contributed by atoms with van der Waals surface area (Å²) in [5.41, 5.74) is 6.23. The van der Waals surface area contributed by atoms with E-state index in [1.54, 1.807) is 13.0 Å². The van der Waals surface area contributed by atoms with Crippen LogP contribution in [0.1, 0.15) is 51.6 Å². The van der Waals surface area contributed by atoms with Crippen LogP contribution in [0.3, 0.4) is 0 Å². The van der Waals surface area contributed by atoms with Gasteiger partial charge in [-0.05, 0) is 75.6 Å². The molecule has 0 saturated heterocycles. The van der Waals surface area contributed by atoms with Crippen molar-refractivity contribution in [2.75, 3.05) is 5.32 Å². The smallest absolute Gasteiger partial charge is 0.256 e. The van der Waals surface area contributed by atoms with E-state index in [9.17, 15) is 9.18 Å². The Morgan fingerprint density at radius 3 is 2.48 bits per heavy atom. The highest BCUT2D eigenvalue weighted by Gasteiger charge is 2.29. The number of benzene rings is 2. The second-order valence-corrected chi connectivity index (χ2v) is 8.31. The zero-order chi connectivity index (χ0) is 21.7. The largest absolute Gasteiger partial charge is 0.322 e. The molecule has 0 bridgehead atoms. The lowest BCUT2D eigenvalue weighted by molar-refractivity contribution is 0.102. The summed E-state index contributed by atoms with van der Waals surface area (Å²) in [4.78, 5) is 18.2. The summed E-state index contributed by atoms with van der Waals surface area (Å²) >= 11 is 0. The Hall–Kier alpha value is -3.54. The molecule has 1 aliphatic rings. The minimum Gasteiger partial charge on any atom is -0.322 e. The van der Waals surface area contributed by atoms with Gasteiger partial charge in [0, 0.05) is 17.3 Å². The minimum absolute atomic E-state index is 0.240. The normalized spacial score (nSPS) is 13.5. The molecule has 31 heavy (non-hydrogen) atoms. The molecule has 6 heteroatoms. The van der Waals surface area contributed by atoms with Gasteiger partial charge in [0.1, 0.15) is 5.82 Å². The number of hydrogen-bond donors (Lipinski definition) is 1. The van der Waals surface area contributed by atoms with Crippen LogP contribution < -0.4 is 5.32 Å². The molecule has 4 aromatic rings. The van der Waals surface area contributed by atoms with Crippen molar-refractivity contribution in [3.8, 4) is 5.69 Å². The van der Waals surface area contributed by atoms with Gasteiger partial charge in [-0.3, -0.25) is 4.79 Å². The average Bonchev–Trinajstić information content (AvgIpc) is 3.54. The number of pyridine rings is 1. The number of amides is 1. The number of fused-ring (bicyclic) bond motifs is 1. The van der Waals surface area contributed by atoms with Gasteiger partial charge in [0.15, 0.2) is 5.65 Å². The Balaban J connectivity index is 1.65. The molecule has 1 N–H and O–H groups in total. The van der Waals surface area contributed by atoms with Gasteiger partial charge in [0.25, 0.3) is 5.91 Å². The topological polar surface area (TPSA) is 59.8 Å². The highest BCUT2D eigenvalue weighted by atomic mass is 19.1. The summed E-state index contributed by atoms with van der Waals surface area (Å²) in [6.45, 7) is 5.71. The van der Waals surface area contributed by atoms with Crippen molar-refractivity contribution in [3.63, 3.8) is 0 Å². The molecule has 1 saturated carbocycles. The molecule has 1 amide bonds.